The number of thiophene rings is 1. The SMILES string of the molecule is CN1C(=N)N[C@](C)(c2cc(-c3ccc(F)c(C#N)c3)c(I)s2)[C@@H](C2CC2)C1=O. The van der Waals surface area contributed by atoms with E-state index in [2.05, 4.69) is 27.9 Å². The van der Waals surface area contributed by atoms with Crippen LogP contribution in [0.15, 0.2) is 24.3 Å². The summed E-state index contributed by atoms with van der Waals surface area (Å²) < 4.78 is 14.7. The molecule has 8 heteroatoms. The number of halogens is 2. The van der Waals surface area contributed by atoms with Crippen LogP contribution < -0.4 is 5.32 Å². The molecule has 5 nitrogen and oxygen atoms in total. The van der Waals surface area contributed by atoms with Crippen LogP contribution in [0.3, 0.4) is 0 Å². The molecule has 1 aliphatic heterocycles. The summed E-state index contributed by atoms with van der Waals surface area (Å²) in [5.74, 6) is -0.361. The Morgan fingerprint density at radius 2 is 2.14 bits per heavy atom. The molecule has 0 spiro atoms. The summed E-state index contributed by atoms with van der Waals surface area (Å²) in [5.41, 5.74) is 1.03. The standard InChI is InChI=1S/C20H18FIN4OS/c1-20(16(10-3-4-10)18(27)26(2)19(24)25-20)15-8-13(17(22)28-15)11-5-6-14(21)12(7-11)9-23/h5-8,10,16H,3-4H2,1-2H3,(H2,24,25)/t16-,20+/m0/s1. The summed E-state index contributed by atoms with van der Waals surface area (Å²) >= 11 is 3.81. The highest BCUT2D eigenvalue weighted by Crippen LogP contribution is 2.50. The Kier molecular flexibility index (Phi) is 4.70. The van der Waals surface area contributed by atoms with E-state index in [9.17, 15) is 9.18 Å². The summed E-state index contributed by atoms with van der Waals surface area (Å²) in [6.07, 6.45) is 2.04. The highest BCUT2D eigenvalue weighted by atomic mass is 127. The molecule has 1 aromatic carbocycles. The van der Waals surface area contributed by atoms with Gasteiger partial charge < -0.3 is 5.32 Å². The molecule has 1 saturated heterocycles. The van der Waals surface area contributed by atoms with Crippen LogP contribution in [0.2, 0.25) is 0 Å². The number of benzene rings is 1. The molecule has 2 fully saturated rings. The Morgan fingerprint density at radius 3 is 2.79 bits per heavy atom. The predicted octanol–water partition coefficient (Wildman–Crippen LogP) is 4.27. The Hall–Kier alpha value is -1.99. The maximum atomic E-state index is 13.7. The first kappa shape index (κ1) is 19.3. The van der Waals surface area contributed by atoms with Crippen molar-refractivity contribution in [3.05, 3.63) is 43.4 Å². The van der Waals surface area contributed by atoms with Crippen molar-refractivity contribution in [2.75, 3.05) is 7.05 Å². The van der Waals surface area contributed by atoms with Crippen molar-refractivity contribution in [1.82, 2.24) is 10.2 Å². The van der Waals surface area contributed by atoms with Gasteiger partial charge in [0.15, 0.2) is 5.96 Å². The van der Waals surface area contributed by atoms with Crippen LogP contribution in [0.1, 0.15) is 30.2 Å². The van der Waals surface area contributed by atoms with E-state index in [-0.39, 0.29) is 23.3 Å². The lowest BCUT2D eigenvalue weighted by atomic mass is 9.78. The molecule has 1 saturated carbocycles. The van der Waals surface area contributed by atoms with Crippen molar-refractivity contribution >= 4 is 45.8 Å². The van der Waals surface area contributed by atoms with E-state index in [1.165, 1.54) is 11.0 Å². The van der Waals surface area contributed by atoms with Crippen LogP contribution in [-0.2, 0) is 10.3 Å². The number of amides is 1. The molecule has 1 aliphatic carbocycles. The zero-order valence-electron chi connectivity index (χ0n) is 15.3. The zero-order valence-corrected chi connectivity index (χ0v) is 18.3. The van der Waals surface area contributed by atoms with Gasteiger partial charge >= 0.3 is 0 Å². The number of nitrogens with zero attached hydrogens (tertiary/aromatic N) is 2. The van der Waals surface area contributed by atoms with Crippen LogP contribution >= 0.6 is 33.9 Å². The molecule has 1 amide bonds. The van der Waals surface area contributed by atoms with Crippen molar-refractivity contribution < 1.29 is 9.18 Å². The molecule has 0 radical (unpaired) electrons. The van der Waals surface area contributed by atoms with E-state index in [0.717, 1.165) is 31.7 Å². The van der Waals surface area contributed by atoms with Gasteiger partial charge in [-0.1, -0.05) is 6.07 Å². The molecule has 2 aromatic rings. The number of hydrogen-bond acceptors (Lipinski definition) is 4. The quantitative estimate of drug-likeness (QED) is 0.608. The molecule has 2 N–H and O–H groups in total. The van der Waals surface area contributed by atoms with Crippen LogP contribution in [0.4, 0.5) is 4.39 Å². The lowest BCUT2D eigenvalue weighted by Crippen LogP contribution is -2.64. The van der Waals surface area contributed by atoms with Gasteiger partial charge in [0.25, 0.3) is 0 Å². The topological polar surface area (TPSA) is 80.0 Å². The molecule has 144 valence electrons. The number of hydrogen-bond donors (Lipinski definition) is 2. The molecule has 2 heterocycles. The molecular formula is C20H18FIN4OS. The number of rotatable bonds is 3. The van der Waals surface area contributed by atoms with Crippen molar-refractivity contribution in [1.29, 1.82) is 10.7 Å². The third kappa shape index (κ3) is 3.01. The lowest BCUT2D eigenvalue weighted by Gasteiger charge is -2.45. The van der Waals surface area contributed by atoms with Crippen LogP contribution in [0.25, 0.3) is 11.1 Å². The summed E-state index contributed by atoms with van der Waals surface area (Å²) in [7, 11) is 1.64. The molecular weight excluding hydrogens is 490 g/mol. The van der Waals surface area contributed by atoms with Crippen molar-refractivity contribution in [2.24, 2.45) is 11.8 Å². The lowest BCUT2D eigenvalue weighted by molar-refractivity contribution is -0.136. The second-order valence-electron chi connectivity index (χ2n) is 7.49. The minimum atomic E-state index is -0.664. The van der Waals surface area contributed by atoms with Gasteiger partial charge in [0, 0.05) is 17.5 Å². The predicted molar refractivity (Wildman–Crippen MR) is 114 cm³/mol. The number of carbonyl (C=O) groups excluding carboxylic acids is 1. The highest BCUT2D eigenvalue weighted by molar-refractivity contribution is 14.1. The van der Waals surface area contributed by atoms with Gasteiger partial charge in [-0.25, -0.2) is 4.39 Å². The normalized spacial score (nSPS) is 24.8. The fourth-order valence-corrected chi connectivity index (χ4v) is 6.12. The van der Waals surface area contributed by atoms with Gasteiger partial charge in [-0.15, -0.1) is 11.3 Å². The number of guanidine groups is 1. The zero-order chi connectivity index (χ0) is 20.2. The minimum absolute atomic E-state index is 0.0116. The van der Waals surface area contributed by atoms with Gasteiger partial charge in [0.05, 0.1) is 19.9 Å². The van der Waals surface area contributed by atoms with Gasteiger partial charge in [-0.3, -0.25) is 15.1 Å². The molecule has 2 aliphatic rings. The Labute approximate surface area is 180 Å². The van der Waals surface area contributed by atoms with E-state index >= 15 is 0 Å². The fraction of sp³-hybridized carbons (Fsp3) is 0.350. The van der Waals surface area contributed by atoms with Crippen LogP contribution in [-0.4, -0.2) is 23.8 Å². The second-order valence-corrected chi connectivity index (χ2v) is 10.4. The van der Waals surface area contributed by atoms with Gasteiger partial charge in [-0.05, 0) is 72.0 Å². The molecule has 0 unspecified atom stereocenters. The van der Waals surface area contributed by atoms with E-state index in [0.29, 0.717) is 5.92 Å². The third-order valence-corrected chi connectivity index (χ3v) is 8.02. The van der Waals surface area contributed by atoms with E-state index in [1.54, 1.807) is 30.5 Å². The van der Waals surface area contributed by atoms with E-state index < -0.39 is 11.4 Å². The second kappa shape index (κ2) is 6.81. The van der Waals surface area contributed by atoms with Crippen molar-refractivity contribution in [3.8, 4) is 17.2 Å². The smallest absolute Gasteiger partial charge is 0.235 e. The Morgan fingerprint density at radius 1 is 1.43 bits per heavy atom. The van der Waals surface area contributed by atoms with Gasteiger partial charge in [0.2, 0.25) is 5.91 Å². The largest absolute Gasteiger partial charge is 0.345 e. The highest BCUT2D eigenvalue weighted by Gasteiger charge is 2.54. The molecule has 4 rings (SSSR count). The third-order valence-electron chi connectivity index (χ3n) is 5.62. The average Bonchev–Trinajstić information content (AvgIpc) is 3.40. The Bertz CT molecular complexity index is 1040. The number of carbonyl (C=O) groups is 1. The molecule has 1 aromatic heterocycles. The molecule has 28 heavy (non-hydrogen) atoms. The average molecular weight is 508 g/mol. The minimum Gasteiger partial charge on any atom is -0.345 e. The van der Waals surface area contributed by atoms with E-state index in [1.807, 2.05) is 19.1 Å². The molecule has 0 bridgehead atoms. The summed E-state index contributed by atoms with van der Waals surface area (Å²) in [6.45, 7) is 1.99. The van der Waals surface area contributed by atoms with Crippen molar-refractivity contribution in [3.63, 3.8) is 0 Å². The monoisotopic (exact) mass is 508 g/mol. The summed E-state index contributed by atoms with van der Waals surface area (Å²) in [4.78, 5) is 15.3. The maximum absolute atomic E-state index is 13.7. The van der Waals surface area contributed by atoms with Gasteiger partial charge in [0.1, 0.15) is 11.9 Å². The number of nitriles is 1. The first-order valence-electron chi connectivity index (χ1n) is 8.90. The van der Waals surface area contributed by atoms with E-state index in [4.69, 9.17) is 10.7 Å². The number of nitrogens with one attached hydrogen (secondary N) is 2. The summed E-state index contributed by atoms with van der Waals surface area (Å²) in [6, 6.07) is 8.42. The fourth-order valence-electron chi connectivity index (χ4n) is 3.89. The summed E-state index contributed by atoms with van der Waals surface area (Å²) in [5, 5.41) is 20.6. The van der Waals surface area contributed by atoms with Crippen LogP contribution in [0, 0.1) is 37.3 Å². The molecule has 2 atom stereocenters. The Balaban J connectivity index is 1.79. The maximum Gasteiger partial charge on any atom is 0.235 e. The van der Waals surface area contributed by atoms with Crippen molar-refractivity contribution in [2.45, 2.75) is 25.3 Å². The first-order chi connectivity index (χ1) is 13.3. The first-order valence-corrected chi connectivity index (χ1v) is 10.8. The van der Waals surface area contributed by atoms with Crippen LogP contribution in [0.5, 0.6) is 0 Å². The van der Waals surface area contributed by atoms with Gasteiger partial charge in [-0.2, -0.15) is 5.26 Å².